The smallest absolute Gasteiger partial charge is 0.273 e. The minimum absolute atomic E-state index is 0.121. The molecule has 234 valence electrons. The fraction of sp³-hybridized carbons (Fsp3) is 0.382. The second kappa shape index (κ2) is 13.2. The summed E-state index contributed by atoms with van der Waals surface area (Å²) in [6.45, 7) is 3.91. The van der Waals surface area contributed by atoms with Crippen molar-refractivity contribution in [2.75, 3.05) is 32.7 Å². The number of fused-ring (bicyclic) bond motifs is 3. The number of nitrogens with one attached hydrogen (secondary N) is 1. The van der Waals surface area contributed by atoms with Crippen LogP contribution in [0.25, 0.3) is 10.9 Å². The van der Waals surface area contributed by atoms with Gasteiger partial charge in [0, 0.05) is 67.8 Å². The molecule has 4 heterocycles. The van der Waals surface area contributed by atoms with Crippen molar-refractivity contribution in [2.24, 2.45) is 7.05 Å². The van der Waals surface area contributed by atoms with E-state index in [0.717, 1.165) is 15.9 Å². The molecule has 2 aliphatic heterocycles. The summed E-state index contributed by atoms with van der Waals surface area (Å²) < 4.78 is 1.92. The Kier molecular flexibility index (Phi) is 8.97. The van der Waals surface area contributed by atoms with Gasteiger partial charge in [0.2, 0.25) is 5.91 Å². The van der Waals surface area contributed by atoms with Crippen molar-refractivity contribution < 1.29 is 19.2 Å². The summed E-state index contributed by atoms with van der Waals surface area (Å²) in [4.78, 5) is 64.9. The van der Waals surface area contributed by atoms with Crippen LogP contribution in [0.4, 0.5) is 0 Å². The number of benzene rings is 2. The molecule has 4 aromatic rings. The maximum Gasteiger partial charge on any atom is 0.273 e. The monoisotopic (exact) mass is 626 g/mol. The zero-order valence-electron chi connectivity index (χ0n) is 25.6. The van der Waals surface area contributed by atoms with E-state index in [0.29, 0.717) is 68.7 Å². The number of carbonyl (C=O) groups is 4. The van der Waals surface area contributed by atoms with Gasteiger partial charge >= 0.3 is 0 Å². The van der Waals surface area contributed by atoms with Crippen LogP contribution in [-0.2, 0) is 11.8 Å². The molecule has 2 fully saturated rings. The number of aryl methyl sites for hydroxylation is 2. The van der Waals surface area contributed by atoms with Crippen molar-refractivity contribution in [2.45, 2.75) is 44.7 Å². The second-order valence-corrected chi connectivity index (χ2v) is 12.9. The first kappa shape index (κ1) is 30.5. The molecule has 2 bridgehead atoms. The van der Waals surface area contributed by atoms with Crippen molar-refractivity contribution in [3.63, 3.8) is 0 Å². The largest absolute Gasteiger partial charge is 0.354 e. The van der Waals surface area contributed by atoms with E-state index in [1.807, 2.05) is 67.2 Å². The van der Waals surface area contributed by atoms with E-state index >= 15 is 0 Å². The van der Waals surface area contributed by atoms with Crippen LogP contribution in [0.1, 0.15) is 61.9 Å². The van der Waals surface area contributed by atoms with Crippen molar-refractivity contribution in [3.05, 3.63) is 88.0 Å². The number of hydrogen-bond donors (Lipinski definition) is 1. The summed E-state index contributed by atoms with van der Waals surface area (Å²) in [5.74, 6) is -0.717. The van der Waals surface area contributed by atoms with Crippen LogP contribution in [-0.4, -0.2) is 92.7 Å². The lowest BCUT2D eigenvalue weighted by atomic mass is 10.1. The number of para-hydroxylation sites is 1. The minimum atomic E-state index is -0.707. The fourth-order valence-corrected chi connectivity index (χ4v) is 7.09. The molecule has 1 N–H and O–H groups in total. The van der Waals surface area contributed by atoms with Gasteiger partial charge in [-0.1, -0.05) is 36.4 Å². The molecular weight excluding hydrogens is 588 g/mol. The van der Waals surface area contributed by atoms with Crippen molar-refractivity contribution in [1.82, 2.24) is 29.6 Å². The van der Waals surface area contributed by atoms with E-state index in [2.05, 4.69) is 10.3 Å². The molecule has 2 aliphatic rings. The molecule has 10 nitrogen and oxygen atoms in total. The Labute approximate surface area is 266 Å². The molecular formula is C34H38N6O4S. The third-order valence-electron chi connectivity index (χ3n) is 8.80. The highest BCUT2D eigenvalue weighted by Crippen LogP contribution is 2.29. The number of likely N-dealkylation sites (tertiary alicyclic amines) is 1. The number of nitrogens with zero attached hydrogens (tertiary/aromatic N) is 5. The Morgan fingerprint density at radius 3 is 2.42 bits per heavy atom. The van der Waals surface area contributed by atoms with Gasteiger partial charge in [-0.05, 0) is 50.8 Å². The molecule has 0 spiro atoms. The summed E-state index contributed by atoms with van der Waals surface area (Å²) in [5.41, 5.74) is 2.45. The van der Waals surface area contributed by atoms with E-state index < -0.39 is 6.04 Å². The highest BCUT2D eigenvalue weighted by atomic mass is 32.1. The Morgan fingerprint density at radius 1 is 0.889 bits per heavy atom. The third kappa shape index (κ3) is 6.35. The molecule has 2 saturated heterocycles. The standard InChI is InChI=1S/C34H38N6O4S/c1-23-36-28(22-45-23)34(44)38-16-9-8-15-35-31(41)30-19-25(39(18-10-17-38)32(42)24-11-4-3-5-12-24)20-40(30)33(43)27-21-37(2)29-14-7-6-13-26(27)29/h3-7,11-14,21-22,25,30H,8-10,15-20H2,1-2H3,(H,35,41)/t25-,30-/m0/s1. The highest BCUT2D eigenvalue weighted by Gasteiger charge is 2.44. The predicted molar refractivity (Wildman–Crippen MR) is 173 cm³/mol. The van der Waals surface area contributed by atoms with Gasteiger partial charge in [0.05, 0.1) is 16.6 Å². The Balaban J connectivity index is 1.31. The van der Waals surface area contributed by atoms with Crippen LogP contribution >= 0.6 is 11.3 Å². The maximum atomic E-state index is 14.2. The summed E-state index contributed by atoms with van der Waals surface area (Å²) in [7, 11) is 1.90. The molecule has 0 radical (unpaired) electrons. The number of aromatic nitrogens is 2. The highest BCUT2D eigenvalue weighted by molar-refractivity contribution is 7.09. The zero-order valence-corrected chi connectivity index (χ0v) is 26.5. The van der Waals surface area contributed by atoms with Crippen LogP contribution in [0.5, 0.6) is 0 Å². The van der Waals surface area contributed by atoms with Gasteiger partial charge in [0.15, 0.2) is 0 Å². The van der Waals surface area contributed by atoms with Crippen LogP contribution in [0.3, 0.4) is 0 Å². The van der Waals surface area contributed by atoms with Crippen molar-refractivity contribution >= 4 is 45.9 Å². The molecule has 11 heteroatoms. The van der Waals surface area contributed by atoms with Gasteiger partial charge < -0.3 is 24.6 Å². The lowest BCUT2D eigenvalue weighted by Crippen LogP contribution is -2.46. The third-order valence-corrected chi connectivity index (χ3v) is 9.57. The lowest BCUT2D eigenvalue weighted by Gasteiger charge is -2.30. The maximum absolute atomic E-state index is 14.2. The van der Waals surface area contributed by atoms with E-state index in [1.54, 1.807) is 32.2 Å². The molecule has 45 heavy (non-hydrogen) atoms. The second-order valence-electron chi connectivity index (χ2n) is 11.8. The summed E-state index contributed by atoms with van der Waals surface area (Å²) in [6, 6.07) is 15.7. The number of thiazole rings is 1. The van der Waals surface area contributed by atoms with Crippen molar-refractivity contribution in [3.8, 4) is 0 Å². The predicted octanol–water partition coefficient (Wildman–Crippen LogP) is 4.11. The van der Waals surface area contributed by atoms with Gasteiger partial charge in [0.25, 0.3) is 17.7 Å². The van der Waals surface area contributed by atoms with E-state index in [-0.39, 0.29) is 36.2 Å². The molecule has 0 saturated carbocycles. The topological polar surface area (TPSA) is 108 Å². The van der Waals surface area contributed by atoms with E-state index in [9.17, 15) is 19.2 Å². The van der Waals surface area contributed by atoms with Crippen LogP contribution in [0, 0.1) is 6.92 Å². The van der Waals surface area contributed by atoms with Gasteiger partial charge in [-0.2, -0.15) is 0 Å². The number of hydrogen-bond acceptors (Lipinski definition) is 6. The first-order valence-corrected chi connectivity index (χ1v) is 16.4. The Hall–Kier alpha value is -4.51. The first-order chi connectivity index (χ1) is 21.8. The Bertz CT molecular complexity index is 1720. The van der Waals surface area contributed by atoms with E-state index in [4.69, 9.17) is 0 Å². The molecule has 4 amide bonds. The normalized spacial score (nSPS) is 19.8. The molecule has 2 aromatic carbocycles. The number of carbonyl (C=O) groups excluding carboxylic acids is 4. The molecule has 0 aliphatic carbocycles. The molecule has 6 rings (SSSR count). The number of rotatable bonds is 3. The molecule has 0 unspecified atom stereocenters. The minimum Gasteiger partial charge on any atom is -0.354 e. The molecule has 2 atom stereocenters. The average molecular weight is 627 g/mol. The van der Waals surface area contributed by atoms with Gasteiger partial charge in [0.1, 0.15) is 11.7 Å². The summed E-state index contributed by atoms with van der Waals surface area (Å²) >= 11 is 1.44. The van der Waals surface area contributed by atoms with Gasteiger partial charge in [-0.3, -0.25) is 19.2 Å². The first-order valence-electron chi connectivity index (χ1n) is 15.5. The quantitative estimate of drug-likeness (QED) is 0.368. The Morgan fingerprint density at radius 2 is 1.64 bits per heavy atom. The summed E-state index contributed by atoms with van der Waals surface area (Å²) in [6.07, 6.45) is 4.10. The average Bonchev–Trinajstić information content (AvgIpc) is 3.78. The molecule has 2 aromatic heterocycles. The van der Waals surface area contributed by atoms with Crippen LogP contribution < -0.4 is 5.32 Å². The van der Waals surface area contributed by atoms with Crippen LogP contribution in [0.15, 0.2) is 66.2 Å². The SMILES string of the molecule is Cc1nc(C(=O)N2CCCCNC(=O)[C@@H]3C[C@@H](CN3C(=O)c3cn(C)c4ccccc34)N(C(=O)c3ccccc3)CCC2)cs1. The fourth-order valence-electron chi connectivity index (χ4n) is 6.50. The van der Waals surface area contributed by atoms with E-state index in [1.165, 1.54) is 11.3 Å². The van der Waals surface area contributed by atoms with Crippen molar-refractivity contribution in [1.29, 1.82) is 0 Å². The number of amides is 4. The van der Waals surface area contributed by atoms with Gasteiger partial charge in [-0.15, -0.1) is 11.3 Å². The summed E-state index contributed by atoms with van der Waals surface area (Å²) in [5, 5.41) is 6.49. The van der Waals surface area contributed by atoms with Gasteiger partial charge in [-0.25, -0.2) is 4.98 Å². The zero-order chi connectivity index (χ0) is 31.5. The van der Waals surface area contributed by atoms with Crippen LogP contribution in [0.2, 0.25) is 0 Å². The lowest BCUT2D eigenvalue weighted by molar-refractivity contribution is -0.124.